The number of hydrogen-bond donors (Lipinski definition) is 2. The largest absolute Gasteiger partial charge is 0.343 e. The van der Waals surface area contributed by atoms with Gasteiger partial charge in [-0.3, -0.25) is 9.88 Å². The van der Waals surface area contributed by atoms with Crippen molar-refractivity contribution in [3.63, 3.8) is 0 Å². The second-order valence-electron chi connectivity index (χ2n) is 5.35. The number of nitrogens with one attached hydrogen (secondary N) is 2. The van der Waals surface area contributed by atoms with E-state index in [4.69, 9.17) is 0 Å². The lowest BCUT2D eigenvalue weighted by Crippen LogP contribution is -2.45. The summed E-state index contributed by atoms with van der Waals surface area (Å²) in [4.78, 5) is 11.3. The Hall–Kier alpha value is -1.26. The Kier molecular flexibility index (Phi) is 4.02. The maximum atomic E-state index is 11.3. The van der Waals surface area contributed by atoms with Gasteiger partial charge in [-0.25, -0.2) is 9.89 Å². The molecular weight excluding hydrogens is 262 g/mol. The first kappa shape index (κ1) is 14.2. The highest BCUT2D eigenvalue weighted by atomic mass is 32.2. The second-order valence-corrected chi connectivity index (χ2v) is 6.61. The van der Waals surface area contributed by atoms with Crippen molar-refractivity contribution < 1.29 is 0 Å². The third-order valence-electron chi connectivity index (χ3n) is 3.36. The molecular formula is C12H19N5OS. The van der Waals surface area contributed by atoms with Crippen molar-refractivity contribution in [1.82, 2.24) is 20.1 Å². The molecule has 0 aliphatic heterocycles. The minimum Gasteiger partial charge on any atom is -0.297 e. The number of aromatic nitrogens is 3. The molecule has 0 bridgehead atoms. The first-order chi connectivity index (χ1) is 8.96. The van der Waals surface area contributed by atoms with Gasteiger partial charge in [-0.05, 0) is 33.1 Å². The Morgan fingerprint density at radius 2 is 2.42 bits per heavy atom. The molecule has 2 N–H and O–H groups in total. The van der Waals surface area contributed by atoms with E-state index in [2.05, 4.69) is 35.4 Å². The molecule has 0 aromatic carbocycles. The molecule has 2 unspecified atom stereocenters. The van der Waals surface area contributed by atoms with E-state index in [9.17, 15) is 10.1 Å². The van der Waals surface area contributed by atoms with Crippen LogP contribution in [0.2, 0.25) is 0 Å². The molecule has 1 heterocycles. The number of nitrogens with zero attached hydrogens (tertiary/aromatic N) is 3. The first-order valence-electron chi connectivity index (χ1n) is 6.43. The van der Waals surface area contributed by atoms with Gasteiger partial charge >= 0.3 is 5.69 Å². The van der Waals surface area contributed by atoms with Crippen LogP contribution in [0.15, 0.2) is 9.95 Å². The van der Waals surface area contributed by atoms with Gasteiger partial charge in [-0.1, -0.05) is 11.8 Å². The average Bonchev–Trinajstić information content (AvgIpc) is 2.88. The molecule has 104 valence electrons. The molecule has 19 heavy (non-hydrogen) atoms. The topological polar surface area (TPSA) is 86.5 Å². The van der Waals surface area contributed by atoms with Gasteiger partial charge in [0.1, 0.15) is 5.54 Å². The molecule has 1 aliphatic carbocycles. The summed E-state index contributed by atoms with van der Waals surface area (Å²) in [5.41, 5.74) is -0.631. The van der Waals surface area contributed by atoms with Gasteiger partial charge in [0.25, 0.3) is 0 Å². The third kappa shape index (κ3) is 3.01. The maximum Gasteiger partial charge on any atom is 0.343 e. The zero-order valence-electron chi connectivity index (χ0n) is 11.4. The van der Waals surface area contributed by atoms with Crippen LogP contribution in [0.4, 0.5) is 0 Å². The van der Waals surface area contributed by atoms with Gasteiger partial charge in [-0.2, -0.15) is 5.26 Å². The van der Waals surface area contributed by atoms with Crippen molar-refractivity contribution >= 4 is 11.8 Å². The zero-order chi connectivity index (χ0) is 14.0. The van der Waals surface area contributed by atoms with Gasteiger partial charge in [0.2, 0.25) is 0 Å². The minimum atomic E-state index is -0.430. The molecule has 2 atom stereocenters. The van der Waals surface area contributed by atoms with Crippen LogP contribution < -0.4 is 11.0 Å². The smallest absolute Gasteiger partial charge is 0.297 e. The van der Waals surface area contributed by atoms with Crippen molar-refractivity contribution in [2.75, 3.05) is 0 Å². The quantitative estimate of drug-likeness (QED) is 0.860. The number of H-pyrrole nitrogens is 1. The van der Waals surface area contributed by atoms with E-state index in [0.717, 1.165) is 19.3 Å². The lowest BCUT2D eigenvalue weighted by atomic mass is 9.99. The van der Waals surface area contributed by atoms with Crippen molar-refractivity contribution in [2.45, 2.75) is 55.1 Å². The van der Waals surface area contributed by atoms with Crippen LogP contribution in [0.3, 0.4) is 0 Å². The molecule has 1 aliphatic rings. The standard InChI is InChI=1S/C12H19N5OS/c1-8(2)14-12(7-13)5-4-9(6-12)19-11-16-15-10(18)17(11)3/h8-9,14H,4-6H2,1-3H3,(H,15,18). The summed E-state index contributed by atoms with van der Waals surface area (Å²) in [5, 5.41) is 20.2. The molecule has 0 saturated heterocycles. The Morgan fingerprint density at radius 3 is 2.95 bits per heavy atom. The van der Waals surface area contributed by atoms with E-state index in [1.807, 2.05) is 0 Å². The molecule has 0 amide bonds. The van der Waals surface area contributed by atoms with E-state index in [0.29, 0.717) is 10.4 Å². The first-order valence-corrected chi connectivity index (χ1v) is 7.31. The summed E-state index contributed by atoms with van der Waals surface area (Å²) >= 11 is 1.57. The van der Waals surface area contributed by atoms with Crippen molar-refractivity contribution in [2.24, 2.45) is 7.05 Å². The molecule has 2 rings (SSSR count). The summed E-state index contributed by atoms with van der Waals surface area (Å²) in [6.45, 7) is 4.11. The zero-order valence-corrected chi connectivity index (χ0v) is 12.3. The molecule has 1 aromatic heterocycles. The van der Waals surface area contributed by atoms with Gasteiger partial charge in [0.05, 0.1) is 6.07 Å². The van der Waals surface area contributed by atoms with Crippen molar-refractivity contribution in [1.29, 1.82) is 5.26 Å². The highest BCUT2D eigenvalue weighted by Gasteiger charge is 2.40. The molecule has 1 aromatic rings. The third-order valence-corrected chi connectivity index (χ3v) is 4.67. The van der Waals surface area contributed by atoms with Crippen LogP contribution in [0.25, 0.3) is 0 Å². The van der Waals surface area contributed by atoms with Crippen molar-refractivity contribution in [3.05, 3.63) is 10.5 Å². The highest BCUT2D eigenvalue weighted by Crippen LogP contribution is 2.39. The highest BCUT2D eigenvalue weighted by molar-refractivity contribution is 7.99. The van der Waals surface area contributed by atoms with Crippen LogP contribution in [0.1, 0.15) is 33.1 Å². The lowest BCUT2D eigenvalue weighted by Gasteiger charge is -2.25. The Labute approximate surface area is 116 Å². The summed E-state index contributed by atoms with van der Waals surface area (Å²) in [7, 11) is 1.70. The predicted octanol–water partition coefficient (Wildman–Crippen LogP) is 1.01. The normalized spacial score (nSPS) is 26.8. The van der Waals surface area contributed by atoms with Crippen LogP contribution in [-0.2, 0) is 7.05 Å². The molecule has 6 nitrogen and oxygen atoms in total. The number of aromatic amines is 1. The van der Waals surface area contributed by atoms with Crippen LogP contribution in [0.5, 0.6) is 0 Å². The van der Waals surface area contributed by atoms with E-state index < -0.39 is 5.54 Å². The second kappa shape index (κ2) is 5.39. The monoisotopic (exact) mass is 281 g/mol. The summed E-state index contributed by atoms with van der Waals surface area (Å²) in [5.74, 6) is 0. The Balaban J connectivity index is 2.04. The van der Waals surface area contributed by atoms with Crippen LogP contribution >= 0.6 is 11.8 Å². The van der Waals surface area contributed by atoms with Gasteiger partial charge in [-0.15, -0.1) is 5.10 Å². The lowest BCUT2D eigenvalue weighted by molar-refractivity contribution is 0.386. The number of nitriles is 1. The molecule has 0 spiro atoms. The van der Waals surface area contributed by atoms with E-state index in [1.165, 1.54) is 4.57 Å². The maximum absolute atomic E-state index is 11.3. The van der Waals surface area contributed by atoms with Gasteiger partial charge in [0.15, 0.2) is 5.16 Å². The van der Waals surface area contributed by atoms with Gasteiger partial charge < -0.3 is 0 Å². The summed E-state index contributed by atoms with van der Waals surface area (Å²) in [6, 6.07) is 2.71. The number of hydrogen-bond acceptors (Lipinski definition) is 5. The van der Waals surface area contributed by atoms with Gasteiger partial charge in [0, 0.05) is 18.3 Å². The predicted molar refractivity (Wildman–Crippen MR) is 73.9 cm³/mol. The van der Waals surface area contributed by atoms with E-state index in [-0.39, 0.29) is 11.7 Å². The van der Waals surface area contributed by atoms with E-state index >= 15 is 0 Å². The number of thioether (sulfide) groups is 1. The summed E-state index contributed by atoms with van der Waals surface area (Å²) < 4.78 is 1.51. The fourth-order valence-electron chi connectivity index (χ4n) is 2.51. The van der Waals surface area contributed by atoms with Crippen LogP contribution in [0, 0.1) is 11.3 Å². The Bertz CT molecular complexity index is 543. The SMILES string of the molecule is CC(C)NC1(C#N)CCC(Sc2n[nH]c(=O)n2C)C1. The molecule has 1 saturated carbocycles. The van der Waals surface area contributed by atoms with E-state index in [1.54, 1.807) is 18.8 Å². The summed E-state index contributed by atoms with van der Waals surface area (Å²) in [6.07, 6.45) is 2.59. The minimum absolute atomic E-state index is 0.202. The molecule has 7 heteroatoms. The molecule has 0 radical (unpaired) electrons. The fraction of sp³-hybridized carbons (Fsp3) is 0.750. The fourth-order valence-corrected chi connectivity index (χ4v) is 3.75. The average molecular weight is 281 g/mol. The molecule has 1 fully saturated rings. The van der Waals surface area contributed by atoms with Crippen LogP contribution in [-0.4, -0.2) is 31.6 Å². The van der Waals surface area contributed by atoms with Crippen molar-refractivity contribution in [3.8, 4) is 6.07 Å². The number of rotatable bonds is 4. The Morgan fingerprint density at radius 1 is 1.68 bits per heavy atom.